The summed E-state index contributed by atoms with van der Waals surface area (Å²) in [5.41, 5.74) is 2.08. The van der Waals surface area contributed by atoms with Crippen molar-refractivity contribution in [1.29, 1.82) is 0 Å². The van der Waals surface area contributed by atoms with Gasteiger partial charge in [-0.15, -0.1) is 0 Å². The van der Waals surface area contributed by atoms with Crippen molar-refractivity contribution in [1.82, 2.24) is 14.3 Å². The number of fused-ring (bicyclic) bond motifs is 1. The van der Waals surface area contributed by atoms with E-state index in [0.717, 1.165) is 5.52 Å². The Labute approximate surface area is 135 Å². The number of nitrogens with zero attached hydrogens (tertiary/aromatic N) is 2. The molecule has 1 aliphatic heterocycles. The van der Waals surface area contributed by atoms with E-state index in [0.29, 0.717) is 37.0 Å². The van der Waals surface area contributed by atoms with Gasteiger partial charge in [-0.2, -0.15) is 4.31 Å². The molecule has 1 saturated heterocycles. The van der Waals surface area contributed by atoms with Gasteiger partial charge in [-0.05, 0) is 31.4 Å². The molecule has 0 saturated carbocycles. The molecule has 8 heteroatoms. The Bertz CT molecular complexity index is 815. The molecule has 1 atom stereocenters. The summed E-state index contributed by atoms with van der Waals surface area (Å²) in [6.07, 6.45) is 3.35. The van der Waals surface area contributed by atoms with Crippen molar-refractivity contribution in [2.45, 2.75) is 32.2 Å². The number of benzene rings is 1. The van der Waals surface area contributed by atoms with E-state index in [-0.39, 0.29) is 11.7 Å². The molecule has 1 aromatic carbocycles. The molecule has 0 radical (unpaired) electrons. The van der Waals surface area contributed by atoms with E-state index in [1.165, 1.54) is 4.31 Å². The molecule has 0 spiro atoms. The maximum atomic E-state index is 12.6. The van der Waals surface area contributed by atoms with Crippen LogP contribution < -0.4 is 5.32 Å². The summed E-state index contributed by atoms with van der Waals surface area (Å²) in [4.78, 5) is 19.8. The van der Waals surface area contributed by atoms with Crippen LogP contribution in [0.1, 0.15) is 26.2 Å². The maximum Gasteiger partial charge on any atom is 0.242 e. The maximum absolute atomic E-state index is 12.6. The number of imidazole rings is 1. The minimum Gasteiger partial charge on any atom is -0.345 e. The van der Waals surface area contributed by atoms with Crippen LogP contribution in [0.4, 0.5) is 5.69 Å². The Morgan fingerprint density at radius 3 is 3.09 bits per heavy atom. The van der Waals surface area contributed by atoms with Crippen molar-refractivity contribution < 1.29 is 13.2 Å². The van der Waals surface area contributed by atoms with Crippen molar-refractivity contribution >= 4 is 32.7 Å². The second kappa shape index (κ2) is 6.29. The van der Waals surface area contributed by atoms with E-state index in [9.17, 15) is 13.2 Å². The smallest absolute Gasteiger partial charge is 0.242 e. The molecule has 3 rings (SSSR count). The van der Waals surface area contributed by atoms with Gasteiger partial charge in [0.2, 0.25) is 15.9 Å². The van der Waals surface area contributed by atoms with Gasteiger partial charge in [0.1, 0.15) is 11.6 Å². The molecule has 1 aromatic heterocycles. The number of aromatic amines is 1. The van der Waals surface area contributed by atoms with E-state index < -0.39 is 16.1 Å². The SMILES string of the molecule is CCCS(=O)(=O)N1CCC[C@H]1C(=O)Nc1cccc2[nH]cnc12. The highest BCUT2D eigenvalue weighted by Crippen LogP contribution is 2.25. The molecular weight excluding hydrogens is 316 g/mol. The minimum absolute atomic E-state index is 0.0751. The second-order valence-electron chi connectivity index (χ2n) is 5.68. The summed E-state index contributed by atoms with van der Waals surface area (Å²) < 4.78 is 25.9. The molecule has 23 heavy (non-hydrogen) atoms. The normalized spacial score (nSPS) is 19.3. The fourth-order valence-electron chi connectivity index (χ4n) is 2.99. The van der Waals surface area contributed by atoms with Crippen LogP contribution in [0.15, 0.2) is 24.5 Å². The average Bonchev–Trinajstić information content (AvgIpc) is 3.17. The fourth-order valence-corrected chi connectivity index (χ4v) is 4.74. The monoisotopic (exact) mass is 336 g/mol. The standard InChI is InChI=1S/C15H20N4O3S/c1-2-9-23(21,22)19-8-4-7-13(19)15(20)18-12-6-3-5-11-14(12)17-10-16-11/h3,5-6,10,13H,2,4,7-9H2,1H3,(H,16,17)(H,18,20)/t13-/m0/s1. The Hall–Kier alpha value is -1.93. The number of hydrogen-bond donors (Lipinski definition) is 2. The van der Waals surface area contributed by atoms with Gasteiger partial charge in [-0.1, -0.05) is 13.0 Å². The first-order valence-corrected chi connectivity index (χ1v) is 9.36. The lowest BCUT2D eigenvalue weighted by Crippen LogP contribution is -2.44. The number of H-pyrrole nitrogens is 1. The molecule has 1 amide bonds. The molecule has 124 valence electrons. The summed E-state index contributed by atoms with van der Waals surface area (Å²) in [6.45, 7) is 2.23. The molecule has 7 nitrogen and oxygen atoms in total. The molecule has 0 unspecified atom stereocenters. The zero-order valence-corrected chi connectivity index (χ0v) is 13.8. The lowest BCUT2D eigenvalue weighted by atomic mass is 10.2. The average molecular weight is 336 g/mol. The third kappa shape index (κ3) is 3.09. The van der Waals surface area contributed by atoms with Crippen molar-refractivity contribution in [3.05, 3.63) is 24.5 Å². The van der Waals surface area contributed by atoms with Gasteiger partial charge in [0.25, 0.3) is 0 Å². The number of para-hydroxylation sites is 1. The largest absolute Gasteiger partial charge is 0.345 e. The highest BCUT2D eigenvalue weighted by atomic mass is 32.2. The molecule has 0 bridgehead atoms. The van der Waals surface area contributed by atoms with Gasteiger partial charge in [-0.25, -0.2) is 13.4 Å². The zero-order valence-electron chi connectivity index (χ0n) is 12.9. The van der Waals surface area contributed by atoms with Gasteiger partial charge < -0.3 is 10.3 Å². The van der Waals surface area contributed by atoms with E-state index in [2.05, 4.69) is 15.3 Å². The Morgan fingerprint density at radius 1 is 1.48 bits per heavy atom. The third-order valence-corrected chi connectivity index (χ3v) is 6.11. The lowest BCUT2D eigenvalue weighted by molar-refractivity contribution is -0.119. The van der Waals surface area contributed by atoms with Crippen LogP contribution in [0.25, 0.3) is 11.0 Å². The Balaban J connectivity index is 1.81. The number of hydrogen-bond acceptors (Lipinski definition) is 4. The van der Waals surface area contributed by atoms with Crippen LogP contribution in [0.2, 0.25) is 0 Å². The van der Waals surface area contributed by atoms with E-state index in [1.807, 2.05) is 19.1 Å². The van der Waals surface area contributed by atoms with Crippen LogP contribution in [0.3, 0.4) is 0 Å². The van der Waals surface area contributed by atoms with Gasteiger partial charge >= 0.3 is 0 Å². The predicted molar refractivity (Wildman–Crippen MR) is 88.5 cm³/mol. The fraction of sp³-hybridized carbons (Fsp3) is 0.467. The van der Waals surface area contributed by atoms with Crippen molar-refractivity contribution in [2.24, 2.45) is 0 Å². The van der Waals surface area contributed by atoms with Gasteiger partial charge in [0.15, 0.2) is 0 Å². The second-order valence-corrected chi connectivity index (χ2v) is 7.72. The molecule has 1 aliphatic rings. The topological polar surface area (TPSA) is 95.2 Å². The first kappa shape index (κ1) is 15.9. The molecule has 2 aromatic rings. The summed E-state index contributed by atoms with van der Waals surface area (Å²) in [6, 6.07) is 4.81. The predicted octanol–water partition coefficient (Wildman–Crippen LogP) is 1.71. The van der Waals surface area contributed by atoms with Crippen molar-refractivity contribution in [3.8, 4) is 0 Å². The van der Waals surface area contributed by atoms with Crippen molar-refractivity contribution in [2.75, 3.05) is 17.6 Å². The molecule has 2 N–H and O–H groups in total. The third-order valence-electron chi connectivity index (χ3n) is 4.03. The van der Waals surface area contributed by atoms with E-state index in [4.69, 9.17) is 0 Å². The number of nitrogens with one attached hydrogen (secondary N) is 2. The number of sulfonamides is 1. The minimum atomic E-state index is -3.38. The van der Waals surface area contributed by atoms with Crippen LogP contribution in [0.5, 0.6) is 0 Å². The van der Waals surface area contributed by atoms with Crippen molar-refractivity contribution in [3.63, 3.8) is 0 Å². The summed E-state index contributed by atoms with van der Waals surface area (Å²) >= 11 is 0. The zero-order chi connectivity index (χ0) is 16.4. The first-order chi connectivity index (χ1) is 11.0. The Kier molecular flexibility index (Phi) is 4.36. The molecule has 1 fully saturated rings. The van der Waals surface area contributed by atoms with Crippen LogP contribution in [0, 0.1) is 0 Å². The number of anilines is 1. The summed E-state index contributed by atoms with van der Waals surface area (Å²) in [5, 5.41) is 2.83. The van der Waals surface area contributed by atoms with Gasteiger partial charge in [0, 0.05) is 6.54 Å². The molecule has 0 aliphatic carbocycles. The highest BCUT2D eigenvalue weighted by Gasteiger charge is 2.38. The number of aromatic nitrogens is 2. The van der Waals surface area contributed by atoms with E-state index in [1.54, 1.807) is 12.4 Å². The van der Waals surface area contributed by atoms with E-state index >= 15 is 0 Å². The summed E-state index contributed by atoms with van der Waals surface area (Å²) in [5.74, 6) is -0.219. The number of amides is 1. The molecular formula is C15H20N4O3S. The van der Waals surface area contributed by atoms with Gasteiger partial charge in [-0.3, -0.25) is 4.79 Å². The number of carbonyl (C=O) groups is 1. The quantitative estimate of drug-likeness (QED) is 0.869. The first-order valence-electron chi connectivity index (χ1n) is 7.75. The van der Waals surface area contributed by atoms with Crippen LogP contribution >= 0.6 is 0 Å². The summed E-state index contributed by atoms with van der Waals surface area (Å²) in [7, 11) is -3.38. The number of carbonyl (C=O) groups excluding carboxylic acids is 1. The van der Waals surface area contributed by atoms with Gasteiger partial charge in [0.05, 0.1) is 23.3 Å². The van der Waals surface area contributed by atoms with Crippen LogP contribution in [-0.2, 0) is 14.8 Å². The lowest BCUT2D eigenvalue weighted by Gasteiger charge is -2.23. The molecule has 2 heterocycles. The Morgan fingerprint density at radius 2 is 2.30 bits per heavy atom. The highest BCUT2D eigenvalue weighted by molar-refractivity contribution is 7.89. The van der Waals surface area contributed by atoms with Crippen LogP contribution in [-0.4, -0.2) is 46.9 Å². The number of rotatable bonds is 5.